The molecule has 1 aliphatic heterocycles. The summed E-state index contributed by atoms with van der Waals surface area (Å²) < 4.78 is 26.5. The van der Waals surface area contributed by atoms with Gasteiger partial charge in [0.2, 0.25) is 11.8 Å². The Kier molecular flexibility index (Phi) is 3.99. The van der Waals surface area contributed by atoms with Crippen molar-refractivity contribution in [2.45, 2.75) is 6.42 Å². The van der Waals surface area contributed by atoms with Crippen molar-refractivity contribution in [1.29, 1.82) is 0 Å². The Bertz CT molecular complexity index is 595. The van der Waals surface area contributed by atoms with Gasteiger partial charge in [-0.05, 0) is 12.1 Å². The van der Waals surface area contributed by atoms with E-state index in [1.165, 1.54) is 6.07 Å². The van der Waals surface area contributed by atoms with Crippen LogP contribution in [0.5, 0.6) is 0 Å². The molecule has 20 heavy (non-hydrogen) atoms. The number of hydrogen-bond acceptors (Lipinski definition) is 2. The molecule has 6 heteroatoms. The van der Waals surface area contributed by atoms with Gasteiger partial charge in [0.1, 0.15) is 11.6 Å². The van der Waals surface area contributed by atoms with Crippen LogP contribution in [0, 0.1) is 29.9 Å². The van der Waals surface area contributed by atoms with Crippen LogP contribution in [0.15, 0.2) is 18.2 Å². The van der Waals surface area contributed by atoms with Crippen LogP contribution in [0.2, 0.25) is 0 Å². The zero-order chi connectivity index (χ0) is 14.7. The van der Waals surface area contributed by atoms with Crippen molar-refractivity contribution in [2.75, 3.05) is 18.0 Å². The van der Waals surface area contributed by atoms with Crippen LogP contribution in [-0.4, -0.2) is 24.9 Å². The predicted molar refractivity (Wildman–Crippen MR) is 68.7 cm³/mol. The molecule has 0 bridgehead atoms. The first-order valence-corrected chi connectivity index (χ1v) is 5.99. The minimum atomic E-state index is -0.831. The zero-order valence-electron chi connectivity index (χ0n) is 10.5. The number of rotatable bonds is 3. The van der Waals surface area contributed by atoms with E-state index >= 15 is 0 Å². The van der Waals surface area contributed by atoms with E-state index < -0.39 is 17.6 Å². The Morgan fingerprint density at radius 1 is 1.50 bits per heavy atom. The molecule has 1 aromatic rings. The normalized spacial score (nSPS) is 17.9. The molecule has 0 saturated carbocycles. The summed E-state index contributed by atoms with van der Waals surface area (Å²) >= 11 is 0. The lowest BCUT2D eigenvalue weighted by Gasteiger charge is -2.17. The largest absolute Gasteiger partial charge is 0.345 e. The monoisotopic (exact) mass is 278 g/mol. The van der Waals surface area contributed by atoms with E-state index in [-0.39, 0.29) is 37.0 Å². The van der Waals surface area contributed by atoms with Gasteiger partial charge in [-0.3, -0.25) is 9.59 Å². The number of carbonyl (C=O) groups is 2. The van der Waals surface area contributed by atoms with Crippen molar-refractivity contribution < 1.29 is 18.4 Å². The van der Waals surface area contributed by atoms with Crippen LogP contribution in [0.1, 0.15) is 6.42 Å². The molecule has 4 nitrogen and oxygen atoms in total. The number of halogens is 2. The van der Waals surface area contributed by atoms with E-state index in [1.54, 1.807) is 0 Å². The average Bonchev–Trinajstić information content (AvgIpc) is 2.78. The molecule has 2 rings (SSSR count). The molecule has 1 fully saturated rings. The fourth-order valence-corrected chi connectivity index (χ4v) is 2.10. The van der Waals surface area contributed by atoms with Gasteiger partial charge in [0.15, 0.2) is 0 Å². The fourth-order valence-electron chi connectivity index (χ4n) is 2.10. The number of carbonyl (C=O) groups excluding carboxylic acids is 2. The molecule has 0 spiro atoms. The SMILES string of the molecule is C#CCNC(=O)C1CC(=O)N(c2ccc(F)cc2F)C1. The molecular formula is C14H12F2N2O2. The maximum Gasteiger partial charge on any atom is 0.227 e. The lowest BCUT2D eigenvalue weighted by molar-refractivity contribution is -0.126. The number of anilines is 1. The molecular weight excluding hydrogens is 266 g/mol. The molecule has 1 saturated heterocycles. The van der Waals surface area contributed by atoms with Crippen molar-refractivity contribution in [1.82, 2.24) is 5.32 Å². The van der Waals surface area contributed by atoms with E-state index in [1.807, 2.05) is 0 Å². The van der Waals surface area contributed by atoms with Crippen molar-refractivity contribution in [3.8, 4) is 12.3 Å². The third kappa shape index (κ3) is 2.77. The van der Waals surface area contributed by atoms with E-state index in [9.17, 15) is 18.4 Å². The summed E-state index contributed by atoms with van der Waals surface area (Å²) in [6, 6.07) is 2.95. The van der Waals surface area contributed by atoms with Crippen molar-refractivity contribution in [3.63, 3.8) is 0 Å². The number of amides is 2. The van der Waals surface area contributed by atoms with Crippen LogP contribution in [0.3, 0.4) is 0 Å². The maximum absolute atomic E-state index is 13.6. The number of terminal acetylenes is 1. The quantitative estimate of drug-likeness (QED) is 0.841. The minimum absolute atomic E-state index is 0.0206. The second kappa shape index (κ2) is 5.70. The van der Waals surface area contributed by atoms with Gasteiger partial charge in [0.05, 0.1) is 18.2 Å². The van der Waals surface area contributed by atoms with E-state index in [0.29, 0.717) is 6.07 Å². The van der Waals surface area contributed by atoms with E-state index in [2.05, 4.69) is 11.2 Å². The summed E-state index contributed by atoms with van der Waals surface area (Å²) in [5.41, 5.74) is -0.0244. The Labute approximate surface area is 114 Å². The molecule has 0 radical (unpaired) electrons. The highest BCUT2D eigenvalue weighted by Crippen LogP contribution is 2.27. The van der Waals surface area contributed by atoms with Crippen LogP contribution in [-0.2, 0) is 9.59 Å². The fraction of sp³-hybridized carbons (Fsp3) is 0.286. The van der Waals surface area contributed by atoms with Crippen molar-refractivity contribution >= 4 is 17.5 Å². The van der Waals surface area contributed by atoms with Crippen molar-refractivity contribution in [3.05, 3.63) is 29.8 Å². The highest BCUT2D eigenvalue weighted by atomic mass is 19.1. The zero-order valence-corrected chi connectivity index (χ0v) is 10.5. The highest BCUT2D eigenvalue weighted by Gasteiger charge is 2.36. The Hall–Kier alpha value is -2.42. The van der Waals surface area contributed by atoms with E-state index in [4.69, 9.17) is 6.42 Å². The van der Waals surface area contributed by atoms with Gasteiger partial charge in [0, 0.05) is 19.0 Å². The molecule has 0 aromatic heterocycles. The van der Waals surface area contributed by atoms with Gasteiger partial charge in [0.25, 0.3) is 0 Å². The molecule has 1 atom stereocenters. The first-order valence-electron chi connectivity index (χ1n) is 5.99. The first-order chi connectivity index (χ1) is 9.52. The number of nitrogens with one attached hydrogen (secondary N) is 1. The van der Waals surface area contributed by atoms with Gasteiger partial charge >= 0.3 is 0 Å². The van der Waals surface area contributed by atoms with Crippen LogP contribution < -0.4 is 10.2 Å². The van der Waals surface area contributed by atoms with Crippen LogP contribution in [0.4, 0.5) is 14.5 Å². The van der Waals surface area contributed by atoms with Crippen molar-refractivity contribution in [2.24, 2.45) is 5.92 Å². The molecule has 0 aliphatic carbocycles. The molecule has 1 unspecified atom stereocenters. The summed E-state index contributed by atoms with van der Waals surface area (Å²) in [4.78, 5) is 24.7. The second-order valence-corrected chi connectivity index (χ2v) is 4.42. The maximum atomic E-state index is 13.6. The molecule has 1 aliphatic rings. The topological polar surface area (TPSA) is 49.4 Å². The molecule has 104 valence electrons. The summed E-state index contributed by atoms with van der Waals surface area (Å²) in [6.07, 6.45) is 5.01. The second-order valence-electron chi connectivity index (χ2n) is 4.42. The molecule has 2 amide bonds. The summed E-state index contributed by atoms with van der Waals surface area (Å²) in [5.74, 6) is -0.600. The average molecular weight is 278 g/mol. The lowest BCUT2D eigenvalue weighted by atomic mass is 10.1. The summed E-state index contributed by atoms with van der Waals surface area (Å²) in [6.45, 7) is 0.131. The molecule has 1 aromatic carbocycles. The van der Waals surface area contributed by atoms with Crippen LogP contribution >= 0.6 is 0 Å². The summed E-state index contributed by atoms with van der Waals surface area (Å²) in [5, 5.41) is 2.48. The number of hydrogen-bond donors (Lipinski definition) is 1. The smallest absolute Gasteiger partial charge is 0.227 e. The van der Waals surface area contributed by atoms with Gasteiger partial charge in [-0.1, -0.05) is 5.92 Å². The van der Waals surface area contributed by atoms with Gasteiger partial charge in [-0.2, -0.15) is 0 Å². The highest BCUT2D eigenvalue weighted by molar-refractivity contribution is 6.00. The minimum Gasteiger partial charge on any atom is -0.345 e. The third-order valence-corrected chi connectivity index (χ3v) is 3.06. The Morgan fingerprint density at radius 3 is 2.90 bits per heavy atom. The summed E-state index contributed by atoms with van der Waals surface area (Å²) in [7, 11) is 0. The predicted octanol–water partition coefficient (Wildman–Crippen LogP) is 1.07. The Morgan fingerprint density at radius 2 is 2.25 bits per heavy atom. The lowest BCUT2D eigenvalue weighted by Crippen LogP contribution is -2.33. The van der Waals surface area contributed by atoms with Crippen LogP contribution in [0.25, 0.3) is 0 Å². The standard InChI is InChI=1S/C14H12F2N2O2/c1-2-5-17-14(20)9-6-13(19)18(8-9)12-4-3-10(15)7-11(12)16/h1,3-4,7,9H,5-6,8H2,(H,17,20). The Balaban J connectivity index is 2.13. The van der Waals surface area contributed by atoms with Gasteiger partial charge < -0.3 is 10.2 Å². The third-order valence-electron chi connectivity index (χ3n) is 3.06. The molecule has 1 N–H and O–H groups in total. The number of nitrogens with zero attached hydrogens (tertiary/aromatic N) is 1. The van der Waals surface area contributed by atoms with Gasteiger partial charge in [-0.25, -0.2) is 8.78 Å². The van der Waals surface area contributed by atoms with E-state index in [0.717, 1.165) is 11.0 Å². The molecule has 1 heterocycles. The number of benzene rings is 1. The van der Waals surface area contributed by atoms with Gasteiger partial charge in [-0.15, -0.1) is 6.42 Å². The first kappa shape index (κ1) is 14.0.